The van der Waals surface area contributed by atoms with Crippen LogP contribution in [0, 0.1) is 0 Å². The van der Waals surface area contributed by atoms with E-state index in [4.69, 9.17) is 18.1 Å². The molecule has 172 valence electrons. The summed E-state index contributed by atoms with van der Waals surface area (Å²) >= 11 is 0. The van der Waals surface area contributed by atoms with Gasteiger partial charge in [-0.25, -0.2) is 18.4 Å². The number of nitrogens with zero attached hydrogens (tertiary/aromatic N) is 3. The average Bonchev–Trinajstić information content (AvgIpc) is 3.34. The first kappa shape index (κ1) is 23.7. The van der Waals surface area contributed by atoms with Gasteiger partial charge in [0.05, 0.1) is 29.9 Å². The lowest BCUT2D eigenvalue weighted by atomic mass is 9.88. The SMILES string of the molecule is [B]C(NC)c1ccc(-c2cc(-c3nc(-c4ccc(S(=O)(=O)C(C)C)cc4)cnc3N)on2)cc1. The number of aromatic nitrogens is 3. The van der Waals surface area contributed by atoms with Crippen LogP contribution >= 0.6 is 0 Å². The van der Waals surface area contributed by atoms with Crippen LogP contribution in [0.5, 0.6) is 0 Å². The highest BCUT2D eigenvalue weighted by molar-refractivity contribution is 7.92. The maximum Gasteiger partial charge on any atom is 0.189 e. The molecule has 0 aliphatic carbocycles. The van der Waals surface area contributed by atoms with Crippen molar-refractivity contribution in [3.05, 3.63) is 66.4 Å². The monoisotopic (exact) mass is 473 g/mol. The molecule has 0 aliphatic rings. The zero-order chi connectivity index (χ0) is 24.5. The van der Waals surface area contributed by atoms with Gasteiger partial charge in [0.2, 0.25) is 0 Å². The van der Waals surface area contributed by atoms with Gasteiger partial charge in [-0.2, -0.15) is 0 Å². The number of sulfone groups is 1. The summed E-state index contributed by atoms with van der Waals surface area (Å²) in [5, 5.41) is 6.63. The van der Waals surface area contributed by atoms with Crippen molar-refractivity contribution < 1.29 is 12.9 Å². The van der Waals surface area contributed by atoms with E-state index in [2.05, 4.69) is 20.4 Å². The molecule has 2 aromatic heterocycles. The van der Waals surface area contributed by atoms with Crippen LogP contribution in [0.15, 0.2) is 70.2 Å². The number of nitrogens with one attached hydrogen (secondary N) is 1. The second kappa shape index (κ2) is 9.40. The van der Waals surface area contributed by atoms with E-state index in [9.17, 15) is 8.42 Å². The zero-order valence-corrected chi connectivity index (χ0v) is 19.9. The lowest BCUT2D eigenvalue weighted by Gasteiger charge is -2.10. The predicted molar refractivity (Wildman–Crippen MR) is 133 cm³/mol. The molecule has 4 rings (SSSR count). The van der Waals surface area contributed by atoms with Crippen molar-refractivity contribution in [3.63, 3.8) is 0 Å². The Morgan fingerprint density at radius 2 is 1.62 bits per heavy atom. The highest BCUT2D eigenvalue weighted by Gasteiger charge is 2.20. The van der Waals surface area contributed by atoms with Crippen LogP contribution in [0.2, 0.25) is 0 Å². The Hall–Kier alpha value is -3.50. The first-order valence-corrected chi connectivity index (χ1v) is 12.2. The van der Waals surface area contributed by atoms with Crippen molar-refractivity contribution in [3.8, 4) is 34.0 Å². The zero-order valence-electron chi connectivity index (χ0n) is 19.1. The molecular formula is C24H24BN5O3S. The minimum Gasteiger partial charge on any atom is -0.382 e. The molecular weight excluding hydrogens is 449 g/mol. The first-order valence-electron chi connectivity index (χ1n) is 10.7. The minimum atomic E-state index is -3.36. The Bertz CT molecular complexity index is 1400. The summed E-state index contributed by atoms with van der Waals surface area (Å²) < 4.78 is 30.3. The maximum absolute atomic E-state index is 12.4. The molecule has 8 nitrogen and oxygen atoms in total. The van der Waals surface area contributed by atoms with Gasteiger partial charge in [0.25, 0.3) is 0 Å². The number of nitrogens with two attached hydrogens (primary N) is 1. The Balaban J connectivity index is 1.63. The predicted octanol–water partition coefficient (Wildman–Crippen LogP) is 3.62. The fourth-order valence-corrected chi connectivity index (χ4v) is 4.42. The van der Waals surface area contributed by atoms with Crippen molar-refractivity contribution in [1.29, 1.82) is 0 Å². The van der Waals surface area contributed by atoms with E-state index in [0.717, 1.165) is 11.1 Å². The smallest absolute Gasteiger partial charge is 0.189 e. The Morgan fingerprint density at radius 1 is 1.00 bits per heavy atom. The summed E-state index contributed by atoms with van der Waals surface area (Å²) in [6.45, 7) is 3.30. The van der Waals surface area contributed by atoms with E-state index < -0.39 is 15.1 Å². The van der Waals surface area contributed by atoms with Gasteiger partial charge >= 0.3 is 0 Å². The average molecular weight is 473 g/mol. The molecule has 3 N–H and O–H groups in total. The van der Waals surface area contributed by atoms with Gasteiger partial charge in [-0.3, -0.25) is 0 Å². The van der Waals surface area contributed by atoms with Gasteiger partial charge < -0.3 is 15.6 Å². The highest BCUT2D eigenvalue weighted by atomic mass is 32.2. The molecule has 0 aliphatic heterocycles. The van der Waals surface area contributed by atoms with Crippen LogP contribution in [-0.4, -0.2) is 43.7 Å². The van der Waals surface area contributed by atoms with Gasteiger partial charge in [0.1, 0.15) is 5.69 Å². The molecule has 2 heterocycles. The molecule has 10 heteroatoms. The number of anilines is 1. The molecule has 2 aromatic carbocycles. The van der Waals surface area contributed by atoms with Crippen LogP contribution < -0.4 is 11.1 Å². The quantitative estimate of drug-likeness (QED) is 0.390. The lowest BCUT2D eigenvalue weighted by molar-refractivity contribution is 0.434. The van der Waals surface area contributed by atoms with Gasteiger partial charge in [0, 0.05) is 17.2 Å². The number of hydrogen-bond donors (Lipinski definition) is 2. The molecule has 4 aromatic rings. The minimum absolute atomic E-state index is 0.195. The van der Waals surface area contributed by atoms with Crippen LogP contribution in [0.4, 0.5) is 5.82 Å². The molecule has 1 atom stereocenters. The van der Waals surface area contributed by atoms with Crippen LogP contribution in [0.1, 0.15) is 25.4 Å². The second-order valence-corrected chi connectivity index (χ2v) is 10.6. The van der Waals surface area contributed by atoms with Crippen molar-refractivity contribution in [1.82, 2.24) is 20.4 Å². The molecule has 0 saturated carbocycles. The largest absolute Gasteiger partial charge is 0.382 e. The summed E-state index contributed by atoms with van der Waals surface area (Å²) in [4.78, 5) is 9.10. The third kappa shape index (κ3) is 4.60. The number of benzene rings is 2. The summed E-state index contributed by atoms with van der Waals surface area (Å²) in [6, 6.07) is 15.9. The summed E-state index contributed by atoms with van der Waals surface area (Å²) in [5.74, 6) is 0.317. The molecule has 0 bridgehead atoms. The lowest BCUT2D eigenvalue weighted by Crippen LogP contribution is -2.15. The van der Waals surface area contributed by atoms with Gasteiger partial charge in [-0.15, -0.1) is 0 Å². The van der Waals surface area contributed by atoms with Crippen molar-refractivity contribution in [2.75, 3.05) is 12.8 Å². The van der Waals surface area contributed by atoms with E-state index in [0.29, 0.717) is 28.4 Å². The van der Waals surface area contributed by atoms with Crippen LogP contribution in [0.25, 0.3) is 34.0 Å². The first-order chi connectivity index (χ1) is 16.2. The van der Waals surface area contributed by atoms with Crippen molar-refractivity contribution in [2.24, 2.45) is 0 Å². The van der Waals surface area contributed by atoms with Crippen molar-refractivity contribution in [2.45, 2.75) is 29.9 Å². The topological polar surface area (TPSA) is 124 Å². The summed E-state index contributed by atoms with van der Waals surface area (Å²) in [7, 11) is 4.42. The summed E-state index contributed by atoms with van der Waals surface area (Å²) in [5.41, 5.74) is 10.1. The maximum atomic E-state index is 12.4. The molecule has 34 heavy (non-hydrogen) atoms. The fourth-order valence-electron chi connectivity index (χ4n) is 3.36. The Morgan fingerprint density at radius 3 is 2.24 bits per heavy atom. The van der Waals surface area contributed by atoms with Gasteiger partial charge in [-0.05, 0) is 44.5 Å². The Kier molecular flexibility index (Phi) is 6.54. The Labute approximate surface area is 199 Å². The van der Waals surface area contributed by atoms with Crippen LogP contribution in [0.3, 0.4) is 0 Å². The molecule has 2 radical (unpaired) electrons. The fraction of sp³-hybridized carbons (Fsp3) is 0.208. The van der Waals surface area contributed by atoms with E-state index in [1.807, 2.05) is 24.3 Å². The van der Waals surface area contributed by atoms with Gasteiger partial charge in [0.15, 0.2) is 27.1 Å². The van der Waals surface area contributed by atoms with E-state index >= 15 is 0 Å². The normalized spacial score (nSPS) is 12.7. The molecule has 0 fully saturated rings. The number of hydrogen-bond acceptors (Lipinski definition) is 8. The number of rotatable bonds is 7. The third-order valence-electron chi connectivity index (χ3n) is 5.52. The molecule has 0 saturated heterocycles. The molecule has 0 amide bonds. The van der Waals surface area contributed by atoms with Crippen molar-refractivity contribution >= 4 is 23.5 Å². The molecule has 0 spiro atoms. The van der Waals surface area contributed by atoms with E-state index in [-0.39, 0.29) is 16.7 Å². The third-order valence-corrected chi connectivity index (χ3v) is 7.69. The summed E-state index contributed by atoms with van der Waals surface area (Å²) in [6.07, 6.45) is 1.53. The van der Waals surface area contributed by atoms with Crippen LogP contribution in [-0.2, 0) is 9.84 Å². The van der Waals surface area contributed by atoms with E-state index in [1.54, 1.807) is 51.2 Å². The highest BCUT2D eigenvalue weighted by Crippen LogP contribution is 2.30. The van der Waals surface area contributed by atoms with E-state index in [1.165, 1.54) is 6.20 Å². The van der Waals surface area contributed by atoms with Gasteiger partial charge in [-0.1, -0.05) is 41.6 Å². The number of nitrogen functional groups attached to an aromatic ring is 1. The second-order valence-electron chi connectivity index (χ2n) is 8.07. The molecule has 1 unspecified atom stereocenters. The standard InChI is InChI=1S/C24H24BN5O3S/c1-14(2)34(31,32)18-10-8-16(9-11-18)20-13-28-24(26)22(29-20)21-12-19(30-33-21)15-4-6-17(7-5-15)23(25)27-3/h4-14,23,27H,1-3H3,(H2,26,28).